The van der Waals surface area contributed by atoms with E-state index in [1.807, 2.05) is 0 Å². The highest BCUT2D eigenvalue weighted by Crippen LogP contribution is 2.31. The van der Waals surface area contributed by atoms with E-state index in [4.69, 9.17) is 9.47 Å². The van der Waals surface area contributed by atoms with Crippen LogP contribution in [0.4, 0.5) is 19.0 Å². The molecule has 7 nitrogen and oxygen atoms in total. The van der Waals surface area contributed by atoms with Gasteiger partial charge in [-0.3, -0.25) is 9.89 Å². The number of fused-ring (bicyclic) bond motifs is 1. The topological polar surface area (TPSA) is 85.5 Å². The number of amides is 1. The lowest BCUT2D eigenvalue weighted by atomic mass is 10.0. The number of ether oxygens (including phenoxy) is 3. The van der Waals surface area contributed by atoms with Gasteiger partial charge in [-0.2, -0.15) is 5.10 Å². The summed E-state index contributed by atoms with van der Waals surface area (Å²) in [7, 11) is 2.96. The summed E-state index contributed by atoms with van der Waals surface area (Å²) in [5, 5.41) is 10.4. The van der Waals surface area contributed by atoms with Crippen LogP contribution in [0.15, 0.2) is 60.7 Å². The van der Waals surface area contributed by atoms with Crippen molar-refractivity contribution in [1.29, 1.82) is 0 Å². The summed E-state index contributed by atoms with van der Waals surface area (Å²) in [5.74, 6) is 0.449. The van der Waals surface area contributed by atoms with Gasteiger partial charge in [-0.25, -0.2) is 0 Å². The van der Waals surface area contributed by atoms with Gasteiger partial charge in [0.2, 0.25) is 0 Å². The average Bonchev–Trinajstić information content (AvgIpc) is 3.19. The molecule has 170 valence electrons. The van der Waals surface area contributed by atoms with Gasteiger partial charge in [-0.1, -0.05) is 18.2 Å². The van der Waals surface area contributed by atoms with Crippen molar-refractivity contribution in [3.8, 4) is 28.4 Å². The minimum atomic E-state index is -4.77. The molecule has 4 aromatic rings. The summed E-state index contributed by atoms with van der Waals surface area (Å²) in [6, 6.07) is 15.6. The van der Waals surface area contributed by atoms with Crippen molar-refractivity contribution in [2.45, 2.75) is 6.36 Å². The zero-order chi connectivity index (χ0) is 23.6. The molecule has 0 saturated heterocycles. The molecule has 10 heteroatoms. The van der Waals surface area contributed by atoms with Crippen LogP contribution in [0.3, 0.4) is 0 Å². The molecule has 0 bridgehead atoms. The first-order valence-electron chi connectivity index (χ1n) is 9.65. The first-order valence-corrected chi connectivity index (χ1v) is 9.65. The quantitative estimate of drug-likeness (QED) is 0.405. The maximum absolute atomic E-state index is 12.8. The van der Waals surface area contributed by atoms with Gasteiger partial charge < -0.3 is 19.5 Å². The number of aromatic amines is 1. The standard InChI is InChI=1S/C23H18F3N3O4/c1-31-15-7-9-18(20(12-15)32-2)22(30)27-21-17-8-6-14(11-19(17)28-29-21)13-4-3-5-16(10-13)33-23(24,25)26/h3-12H,1-2H3,(H2,27,28,29,30). The number of aromatic nitrogens is 2. The first kappa shape index (κ1) is 22.0. The van der Waals surface area contributed by atoms with Crippen molar-refractivity contribution >= 4 is 22.6 Å². The second-order valence-corrected chi connectivity index (χ2v) is 6.93. The Morgan fingerprint density at radius 3 is 2.45 bits per heavy atom. The molecule has 0 aliphatic rings. The highest BCUT2D eigenvalue weighted by molar-refractivity contribution is 6.09. The normalized spacial score (nSPS) is 11.3. The van der Waals surface area contributed by atoms with Crippen LogP contribution in [0.1, 0.15) is 10.4 Å². The van der Waals surface area contributed by atoms with E-state index in [0.717, 1.165) is 0 Å². The van der Waals surface area contributed by atoms with Gasteiger partial charge in [-0.15, -0.1) is 13.2 Å². The number of nitrogens with one attached hydrogen (secondary N) is 2. The van der Waals surface area contributed by atoms with E-state index in [0.29, 0.717) is 44.9 Å². The molecule has 0 radical (unpaired) electrons. The smallest absolute Gasteiger partial charge is 0.497 e. The molecule has 2 N–H and O–H groups in total. The lowest BCUT2D eigenvalue weighted by molar-refractivity contribution is -0.274. The molecule has 3 aromatic carbocycles. The Balaban J connectivity index is 1.59. The molecule has 0 aliphatic heterocycles. The van der Waals surface area contributed by atoms with Crippen LogP contribution in [0.2, 0.25) is 0 Å². The van der Waals surface area contributed by atoms with E-state index in [-0.39, 0.29) is 5.75 Å². The predicted octanol–water partition coefficient (Wildman–Crippen LogP) is 5.40. The summed E-state index contributed by atoms with van der Waals surface area (Å²) in [4.78, 5) is 12.8. The van der Waals surface area contributed by atoms with Gasteiger partial charge in [0.25, 0.3) is 5.91 Å². The number of anilines is 1. The minimum Gasteiger partial charge on any atom is -0.497 e. The Labute approximate surface area is 186 Å². The maximum Gasteiger partial charge on any atom is 0.573 e. The lowest BCUT2D eigenvalue weighted by Gasteiger charge is -2.10. The summed E-state index contributed by atoms with van der Waals surface area (Å²) in [6.07, 6.45) is -4.77. The molecule has 0 saturated carbocycles. The molecule has 4 rings (SSSR count). The van der Waals surface area contributed by atoms with Gasteiger partial charge in [0.05, 0.1) is 25.3 Å². The van der Waals surface area contributed by atoms with E-state index in [1.165, 1.54) is 32.4 Å². The largest absolute Gasteiger partial charge is 0.573 e. The Hall–Kier alpha value is -4.21. The van der Waals surface area contributed by atoms with E-state index in [2.05, 4.69) is 20.3 Å². The van der Waals surface area contributed by atoms with Crippen molar-refractivity contribution in [2.75, 3.05) is 19.5 Å². The van der Waals surface area contributed by atoms with Gasteiger partial charge in [0.1, 0.15) is 17.2 Å². The second-order valence-electron chi connectivity index (χ2n) is 6.93. The van der Waals surface area contributed by atoms with Crippen molar-refractivity contribution < 1.29 is 32.2 Å². The van der Waals surface area contributed by atoms with Crippen molar-refractivity contribution in [1.82, 2.24) is 10.2 Å². The average molecular weight is 457 g/mol. The molecule has 1 amide bonds. The lowest BCUT2D eigenvalue weighted by Crippen LogP contribution is -2.17. The fourth-order valence-corrected chi connectivity index (χ4v) is 3.33. The summed E-state index contributed by atoms with van der Waals surface area (Å²) in [5.41, 5.74) is 2.06. The van der Waals surface area contributed by atoms with Crippen molar-refractivity contribution in [2.24, 2.45) is 0 Å². The number of rotatable bonds is 6. The number of halogens is 3. The number of benzene rings is 3. The number of alkyl halides is 3. The van der Waals surface area contributed by atoms with E-state index in [1.54, 1.807) is 42.5 Å². The summed E-state index contributed by atoms with van der Waals surface area (Å²) >= 11 is 0. The summed E-state index contributed by atoms with van der Waals surface area (Å²) < 4.78 is 51.9. The van der Waals surface area contributed by atoms with Crippen molar-refractivity contribution in [3.63, 3.8) is 0 Å². The highest BCUT2D eigenvalue weighted by atomic mass is 19.4. The molecule has 1 heterocycles. The molecule has 0 spiro atoms. The Bertz CT molecular complexity index is 1320. The van der Waals surface area contributed by atoms with Crippen LogP contribution in [-0.2, 0) is 0 Å². The third-order valence-electron chi connectivity index (χ3n) is 4.85. The molecule has 1 aromatic heterocycles. The zero-order valence-corrected chi connectivity index (χ0v) is 17.5. The second kappa shape index (κ2) is 8.73. The molecule has 0 aliphatic carbocycles. The number of hydrogen-bond donors (Lipinski definition) is 2. The summed E-state index contributed by atoms with van der Waals surface area (Å²) in [6.45, 7) is 0. The van der Waals surface area contributed by atoms with Crippen LogP contribution in [0.25, 0.3) is 22.0 Å². The molecular weight excluding hydrogens is 439 g/mol. The number of nitrogens with zero attached hydrogens (tertiary/aromatic N) is 1. The molecule has 0 unspecified atom stereocenters. The monoisotopic (exact) mass is 457 g/mol. The molecule has 33 heavy (non-hydrogen) atoms. The fraction of sp³-hybridized carbons (Fsp3) is 0.130. The van der Waals surface area contributed by atoms with Gasteiger partial charge in [-0.05, 0) is 47.5 Å². The number of methoxy groups -OCH3 is 2. The maximum atomic E-state index is 12.8. The van der Waals surface area contributed by atoms with Gasteiger partial charge in [0.15, 0.2) is 5.82 Å². The van der Waals surface area contributed by atoms with Crippen molar-refractivity contribution in [3.05, 3.63) is 66.2 Å². The Kier molecular flexibility index (Phi) is 5.82. The van der Waals surface area contributed by atoms with E-state index >= 15 is 0 Å². The van der Waals surface area contributed by atoms with Crippen LogP contribution < -0.4 is 19.5 Å². The third-order valence-corrected chi connectivity index (χ3v) is 4.85. The van der Waals surface area contributed by atoms with Crippen LogP contribution in [-0.4, -0.2) is 36.7 Å². The highest BCUT2D eigenvalue weighted by Gasteiger charge is 2.31. The minimum absolute atomic E-state index is 0.299. The van der Waals surface area contributed by atoms with Gasteiger partial charge >= 0.3 is 6.36 Å². The van der Waals surface area contributed by atoms with Gasteiger partial charge in [0, 0.05) is 11.5 Å². The van der Waals surface area contributed by atoms with E-state index in [9.17, 15) is 18.0 Å². The molecule has 0 atom stereocenters. The number of carbonyl (C=O) groups excluding carboxylic acids is 1. The fourth-order valence-electron chi connectivity index (χ4n) is 3.33. The first-order chi connectivity index (χ1) is 15.8. The molecule has 0 fully saturated rings. The van der Waals surface area contributed by atoms with Crippen LogP contribution in [0, 0.1) is 0 Å². The van der Waals surface area contributed by atoms with E-state index < -0.39 is 12.3 Å². The number of H-pyrrole nitrogens is 1. The SMILES string of the molecule is COc1ccc(C(=O)Nc2n[nH]c3cc(-c4cccc(OC(F)(F)F)c4)ccc23)c(OC)c1. The predicted molar refractivity (Wildman–Crippen MR) is 116 cm³/mol. The zero-order valence-electron chi connectivity index (χ0n) is 17.5. The van der Waals surface area contributed by atoms with Crippen LogP contribution >= 0.6 is 0 Å². The number of hydrogen-bond acceptors (Lipinski definition) is 5. The Morgan fingerprint density at radius 2 is 1.73 bits per heavy atom. The molecular formula is C23H18F3N3O4. The van der Waals surface area contributed by atoms with Crippen LogP contribution in [0.5, 0.6) is 17.2 Å². The number of carbonyl (C=O) groups is 1. The third kappa shape index (κ3) is 4.84. The Morgan fingerprint density at radius 1 is 0.939 bits per heavy atom.